The molecule has 0 radical (unpaired) electrons. The van der Waals surface area contributed by atoms with Gasteiger partial charge in [0, 0.05) is 6.61 Å². The van der Waals surface area contributed by atoms with Crippen LogP contribution >= 0.6 is 0 Å². The summed E-state index contributed by atoms with van der Waals surface area (Å²) in [6.45, 7) is 9.20. The fourth-order valence-corrected chi connectivity index (χ4v) is 3.13. The lowest BCUT2D eigenvalue weighted by atomic mass is 9.77. The minimum Gasteiger partial charge on any atom is -0.461 e. The number of benzene rings is 1. The molecule has 0 bridgehead atoms. The van der Waals surface area contributed by atoms with E-state index in [2.05, 4.69) is 13.2 Å². The van der Waals surface area contributed by atoms with Crippen molar-refractivity contribution >= 4 is 11.9 Å². The number of nitrogens with zero attached hydrogens (tertiary/aromatic N) is 1. The summed E-state index contributed by atoms with van der Waals surface area (Å²) in [5, 5.41) is 18.8. The molecule has 168 valence electrons. The van der Waals surface area contributed by atoms with Gasteiger partial charge in [-0.2, -0.15) is 5.26 Å². The van der Waals surface area contributed by atoms with Gasteiger partial charge in [-0.25, -0.2) is 0 Å². The molecule has 0 saturated heterocycles. The first-order valence-electron chi connectivity index (χ1n) is 10.3. The molecule has 0 aromatic heterocycles. The second-order valence-corrected chi connectivity index (χ2v) is 7.00. The summed E-state index contributed by atoms with van der Waals surface area (Å²) in [5.41, 5.74) is -0.404. The van der Waals surface area contributed by atoms with Crippen LogP contribution < -0.4 is 0 Å². The number of nitriles is 1. The highest BCUT2D eigenvalue weighted by atomic mass is 16.6. The molecule has 1 atom stereocenters. The molecule has 7 heteroatoms. The predicted octanol–water partition coefficient (Wildman–Crippen LogP) is 3.46. The maximum atomic E-state index is 13.1. The summed E-state index contributed by atoms with van der Waals surface area (Å²) in [4.78, 5) is 26.1. The normalized spacial score (nSPS) is 11.8. The minimum absolute atomic E-state index is 0.0360. The molecular formula is C24H31NO6. The number of carbonyl (C=O) groups excluding carboxylic acids is 2. The maximum absolute atomic E-state index is 13.1. The molecule has 1 rings (SSSR count). The second kappa shape index (κ2) is 14.1. The molecule has 7 nitrogen and oxygen atoms in total. The Bertz CT molecular complexity index is 741. The Hall–Kier alpha value is -2.95. The van der Waals surface area contributed by atoms with E-state index >= 15 is 0 Å². The Kier molecular flexibility index (Phi) is 11.9. The van der Waals surface area contributed by atoms with E-state index in [1.54, 1.807) is 31.2 Å². The number of esters is 2. The van der Waals surface area contributed by atoms with E-state index in [-0.39, 0.29) is 26.1 Å². The summed E-state index contributed by atoms with van der Waals surface area (Å²) in [7, 11) is 0. The molecule has 0 amide bonds. The van der Waals surface area contributed by atoms with Crippen molar-refractivity contribution in [1.29, 1.82) is 5.26 Å². The third-order valence-corrected chi connectivity index (χ3v) is 4.70. The third kappa shape index (κ3) is 8.36. The van der Waals surface area contributed by atoms with Crippen molar-refractivity contribution in [1.82, 2.24) is 0 Å². The summed E-state index contributed by atoms with van der Waals surface area (Å²) in [6.07, 6.45) is 3.57. The highest BCUT2D eigenvalue weighted by Crippen LogP contribution is 2.34. The fraction of sp³-hybridized carbons (Fsp3) is 0.458. The molecule has 0 aliphatic heterocycles. The van der Waals surface area contributed by atoms with Gasteiger partial charge < -0.3 is 19.3 Å². The van der Waals surface area contributed by atoms with Crippen molar-refractivity contribution in [3.05, 3.63) is 60.7 Å². The first-order chi connectivity index (χ1) is 14.9. The van der Waals surface area contributed by atoms with Gasteiger partial charge >= 0.3 is 11.9 Å². The highest BCUT2D eigenvalue weighted by molar-refractivity contribution is 6.00. The second-order valence-electron chi connectivity index (χ2n) is 7.00. The summed E-state index contributed by atoms with van der Waals surface area (Å²) in [6, 6.07) is 8.70. The van der Waals surface area contributed by atoms with Crippen LogP contribution in [0.5, 0.6) is 0 Å². The Balaban J connectivity index is 3.15. The first-order valence-corrected chi connectivity index (χ1v) is 10.3. The number of ether oxygens (including phenoxy) is 3. The van der Waals surface area contributed by atoms with Crippen molar-refractivity contribution in [2.24, 2.45) is 5.41 Å². The van der Waals surface area contributed by atoms with Crippen molar-refractivity contribution in [3.8, 4) is 6.07 Å². The van der Waals surface area contributed by atoms with Gasteiger partial charge in [0.25, 0.3) is 0 Å². The third-order valence-electron chi connectivity index (χ3n) is 4.70. The number of carbonyl (C=O) groups is 2. The summed E-state index contributed by atoms with van der Waals surface area (Å²) < 4.78 is 15.7. The molecule has 0 aliphatic carbocycles. The average molecular weight is 430 g/mol. The van der Waals surface area contributed by atoms with Gasteiger partial charge in [0.2, 0.25) is 0 Å². The molecule has 0 spiro atoms. The summed E-state index contributed by atoms with van der Waals surface area (Å²) in [5.74, 6) is -1.40. The van der Waals surface area contributed by atoms with Gasteiger partial charge in [0.15, 0.2) is 11.7 Å². The monoisotopic (exact) mass is 429 g/mol. The topological polar surface area (TPSA) is 106 Å². The summed E-state index contributed by atoms with van der Waals surface area (Å²) >= 11 is 0. The zero-order valence-corrected chi connectivity index (χ0v) is 18.0. The number of rotatable bonds is 15. The SMILES string of the molecule is C=CCOC(=O)C(CCCCC(O)OCC)(Cc1ccc(C#N)cc1)C(=O)OCC=C. The van der Waals surface area contributed by atoms with E-state index in [4.69, 9.17) is 19.5 Å². The maximum Gasteiger partial charge on any atom is 0.324 e. The van der Waals surface area contributed by atoms with Crippen LogP contribution in [0.3, 0.4) is 0 Å². The van der Waals surface area contributed by atoms with E-state index in [9.17, 15) is 14.7 Å². The molecule has 0 heterocycles. The van der Waals surface area contributed by atoms with E-state index in [0.717, 1.165) is 0 Å². The molecule has 1 aromatic carbocycles. The predicted molar refractivity (Wildman–Crippen MR) is 116 cm³/mol. The quantitative estimate of drug-likeness (QED) is 0.150. The number of aliphatic hydroxyl groups excluding tert-OH is 1. The molecule has 1 N–H and O–H groups in total. The van der Waals surface area contributed by atoms with Crippen LogP contribution in [-0.4, -0.2) is 43.2 Å². The smallest absolute Gasteiger partial charge is 0.324 e. The largest absolute Gasteiger partial charge is 0.461 e. The van der Waals surface area contributed by atoms with E-state index in [0.29, 0.717) is 37.0 Å². The lowest BCUT2D eigenvalue weighted by molar-refractivity contribution is -0.172. The van der Waals surface area contributed by atoms with Gasteiger partial charge in [-0.1, -0.05) is 43.9 Å². The van der Waals surface area contributed by atoms with E-state index in [1.165, 1.54) is 12.2 Å². The molecule has 0 aliphatic rings. The molecule has 0 saturated carbocycles. The van der Waals surface area contributed by atoms with Crippen LogP contribution in [0.15, 0.2) is 49.6 Å². The van der Waals surface area contributed by atoms with Gasteiger partial charge in [-0.05, 0) is 50.3 Å². The molecule has 1 aromatic rings. The van der Waals surface area contributed by atoms with Crippen LogP contribution in [0.4, 0.5) is 0 Å². The van der Waals surface area contributed by atoms with Crippen LogP contribution in [0.25, 0.3) is 0 Å². The zero-order valence-electron chi connectivity index (χ0n) is 18.0. The number of unbranched alkanes of at least 4 members (excludes halogenated alkanes) is 1. The number of hydrogen-bond acceptors (Lipinski definition) is 7. The van der Waals surface area contributed by atoms with Gasteiger partial charge in [-0.3, -0.25) is 9.59 Å². The van der Waals surface area contributed by atoms with E-state index in [1.807, 2.05) is 6.07 Å². The number of hydrogen-bond donors (Lipinski definition) is 1. The Morgan fingerprint density at radius 3 is 2.19 bits per heavy atom. The molecular weight excluding hydrogens is 398 g/mol. The lowest BCUT2D eigenvalue weighted by Crippen LogP contribution is -2.44. The van der Waals surface area contributed by atoms with Gasteiger partial charge in [0.05, 0.1) is 11.6 Å². The minimum atomic E-state index is -1.57. The van der Waals surface area contributed by atoms with Crippen LogP contribution in [-0.2, 0) is 30.2 Å². The van der Waals surface area contributed by atoms with Crippen LogP contribution in [0.2, 0.25) is 0 Å². The molecule has 0 fully saturated rings. The van der Waals surface area contributed by atoms with Crippen LogP contribution in [0, 0.1) is 16.7 Å². The first kappa shape index (κ1) is 26.1. The highest BCUT2D eigenvalue weighted by Gasteiger charge is 2.48. The van der Waals surface area contributed by atoms with E-state index < -0.39 is 23.6 Å². The van der Waals surface area contributed by atoms with Crippen molar-refractivity contribution in [2.75, 3.05) is 19.8 Å². The fourth-order valence-electron chi connectivity index (χ4n) is 3.13. The van der Waals surface area contributed by atoms with Gasteiger partial charge in [0.1, 0.15) is 13.2 Å². The molecule has 1 unspecified atom stereocenters. The van der Waals surface area contributed by atoms with Crippen LogP contribution in [0.1, 0.15) is 43.7 Å². The van der Waals surface area contributed by atoms with Gasteiger partial charge in [-0.15, -0.1) is 0 Å². The van der Waals surface area contributed by atoms with Crippen molar-refractivity contribution < 1.29 is 28.9 Å². The Morgan fingerprint density at radius 1 is 1.13 bits per heavy atom. The lowest BCUT2D eigenvalue weighted by Gasteiger charge is -2.29. The Morgan fingerprint density at radius 2 is 1.71 bits per heavy atom. The standard InChI is InChI=1S/C24H31NO6/c1-4-15-30-22(27)24(23(28)31-16-5-2,14-8-7-9-21(26)29-6-3)17-19-10-12-20(18-25)13-11-19/h4-5,10-13,21,26H,1-2,6-9,14-17H2,3H3. The Labute approximate surface area is 183 Å². The van der Waals surface area contributed by atoms with Crippen molar-refractivity contribution in [2.45, 2.75) is 45.3 Å². The van der Waals surface area contributed by atoms with Crippen molar-refractivity contribution in [3.63, 3.8) is 0 Å². The zero-order chi connectivity index (χ0) is 23.1. The number of aliphatic hydroxyl groups is 1. The average Bonchev–Trinajstić information content (AvgIpc) is 2.78. The molecule has 31 heavy (non-hydrogen) atoms.